The summed E-state index contributed by atoms with van der Waals surface area (Å²) in [5.74, 6) is -0.327. The molecule has 5 heteroatoms. The smallest absolute Gasteiger partial charge is 0.142 e. The standard InChI is InChI=1S/C17H24ClFN2O/c1-2-21-8-5-16(20-13-6-9-22-10-7-13)17(21)12-3-4-14(18)15(19)11-12/h3-4,11,13,16-17,20H,2,5-10H2,1H3/t16-,17-/m0/s1. The van der Waals surface area contributed by atoms with Crippen LogP contribution in [0.5, 0.6) is 0 Å². The Labute approximate surface area is 136 Å². The molecule has 2 atom stereocenters. The molecule has 22 heavy (non-hydrogen) atoms. The maximum absolute atomic E-state index is 13.9. The number of rotatable bonds is 4. The zero-order valence-electron chi connectivity index (χ0n) is 13.0. The van der Waals surface area contributed by atoms with Crippen molar-refractivity contribution < 1.29 is 9.13 Å². The van der Waals surface area contributed by atoms with Crippen LogP contribution >= 0.6 is 11.6 Å². The van der Waals surface area contributed by atoms with Crippen LogP contribution in [0.3, 0.4) is 0 Å². The number of hydrogen-bond donors (Lipinski definition) is 1. The summed E-state index contributed by atoms with van der Waals surface area (Å²) < 4.78 is 19.3. The lowest BCUT2D eigenvalue weighted by Gasteiger charge is -2.32. The maximum Gasteiger partial charge on any atom is 0.142 e. The lowest BCUT2D eigenvalue weighted by molar-refractivity contribution is 0.0729. The third-order valence-electron chi connectivity index (χ3n) is 4.86. The van der Waals surface area contributed by atoms with Gasteiger partial charge in [0.1, 0.15) is 5.82 Å². The highest BCUT2D eigenvalue weighted by molar-refractivity contribution is 6.30. The van der Waals surface area contributed by atoms with Crippen molar-refractivity contribution in [3.63, 3.8) is 0 Å². The van der Waals surface area contributed by atoms with E-state index < -0.39 is 0 Å². The molecule has 2 heterocycles. The molecule has 0 aliphatic carbocycles. The second kappa shape index (κ2) is 7.26. The fourth-order valence-corrected chi connectivity index (χ4v) is 3.81. The Morgan fingerprint density at radius 1 is 1.32 bits per heavy atom. The first-order valence-corrected chi connectivity index (χ1v) is 8.59. The minimum absolute atomic E-state index is 0.193. The monoisotopic (exact) mass is 326 g/mol. The van der Waals surface area contributed by atoms with E-state index in [1.54, 1.807) is 12.1 Å². The molecule has 3 rings (SSSR count). The molecule has 1 N–H and O–H groups in total. The summed E-state index contributed by atoms with van der Waals surface area (Å²) in [7, 11) is 0. The number of likely N-dealkylation sites (tertiary alicyclic amines) is 1. The summed E-state index contributed by atoms with van der Waals surface area (Å²) in [6.45, 7) is 5.85. The van der Waals surface area contributed by atoms with Gasteiger partial charge in [0.15, 0.2) is 0 Å². The van der Waals surface area contributed by atoms with Crippen LogP contribution in [0.25, 0.3) is 0 Å². The number of likely N-dealkylation sites (N-methyl/N-ethyl adjacent to an activating group) is 1. The third-order valence-corrected chi connectivity index (χ3v) is 5.17. The Balaban J connectivity index is 1.77. The van der Waals surface area contributed by atoms with Gasteiger partial charge in [0.2, 0.25) is 0 Å². The molecule has 3 nitrogen and oxygen atoms in total. The van der Waals surface area contributed by atoms with E-state index in [1.807, 2.05) is 6.07 Å². The molecule has 0 radical (unpaired) electrons. The fraction of sp³-hybridized carbons (Fsp3) is 0.647. The van der Waals surface area contributed by atoms with E-state index in [0.29, 0.717) is 12.1 Å². The number of halogens is 2. The molecule has 122 valence electrons. The van der Waals surface area contributed by atoms with Crippen molar-refractivity contribution >= 4 is 11.6 Å². The molecule has 2 aliphatic heterocycles. The van der Waals surface area contributed by atoms with Crippen molar-refractivity contribution in [3.05, 3.63) is 34.6 Å². The van der Waals surface area contributed by atoms with E-state index in [1.165, 1.54) is 0 Å². The number of ether oxygens (including phenoxy) is 1. The second-order valence-electron chi connectivity index (χ2n) is 6.20. The first-order valence-electron chi connectivity index (χ1n) is 8.22. The van der Waals surface area contributed by atoms with Crippen molar-refractivity contribution in [2.24, 2.45) is 0 Å². The average molecular weight is 327 g/mol. The van der Waals surface area contributed by atoms with Gasteiger partial charge in [-0.05, 0) is 43.5 Å². The molecular formula is C17H24ClFN2O. The second-order valence-corrected chi connectivity index (χ2v) is 6.60. The van der Waals surface area contributed by atoms with E-state index in [4.69, 9.17) is 16.3 Å². The summed E-state index contributed by atoms with van der Waals surface area (Å²) in [5, 5.41) is 3.98. The number of hydrogen-bond acceptors (Lipinski definition) is 3. The van der Waals surface area contributed by atoms with Crippen LogP contribution in [-0.4, -0.2) is 43.3 Å². The normalized spacial score (nSPS) is 27.4. The van der Waals surface area contributed by atoms with Crippen LogP contribution < -0.4 is 5.32 Å². The van der Waals surface area contributed by atoms with E-state index in [0.717, 1.165) is 51.1 Å². The van der Waals surface area contributed by atoms with Crippen molar-refractivity contribution in [3.8, 4) is 0 Å². The molecule has 2 fully saturated rings. The van der Waals surface area contributed by atoms with Gasteiger partial charge in [-0.25, -0.2) is 4.39 Å². The fourth-order valence-electron chi connectivity index (χ4n) is 3.69. The van der Waals surface area contributed by atoms with E-state index in [-0.39, 0.29) is 16.9 Å². The van der Waals surface area contributed by atoms with E-state index in [9.17, 15) is 4.39 Å². The van der Waals surface area contributed by atoms with Gasteiger partial charge in [-0.2, -0.15) is 0 Å². The molecule has 2 aliphatic rings. The zero-order valence-corrected chi connectivity index (χ0v) is 13.8. The molecule has 2 saturated heterocycles. The highest BCUT2D eigenvalue weighted by Gasteiger charge is 2.35. The first kappa shape index (κ1) is 16.2. The van der Waals surface area contributed by atoms with Crippen LogP contribution in [0, 0.1) is 5.82 Å². The number of nitrogens with zero attached hydrogens (tertiary/aromatic N) is 1. The lowest BCUT2D eigenvalue weighted by atomic mass is 9.97. The van der Waals surface area contributed by atoms with Gasteiger partial charge in [0.05, 0.1) is 11.1 Å². The number of nitrogens with one attached hydrogen (secondary N) is 1. The van der Waals surface area contributed by atoms with Crippen molar-refractivity contribution in [2.75, 3.05) is 26.3 Å². The summed E-state index contributed by atoms with van der Waals surface area (Å²) in [6.07, 6.45) is 3.22. The molecule has 0 amide bonds. The number of benzene rings is 1. The Hall–Kier alpha value is -0.680. The van der Waals surface area contributed by atoms with Crippen LogP contribution in [0.1, 0.15) is 37.8 Å². The highest BCUT2D eigenvalue weighted by atomic mass is 35.5. The van der Waals surface area contributed by atoms with Gasteiger partial charge in [-0.1, -0.05) is 24.6 Å². The Morgan fingerprint density at radius 3 is 2.77 bits per heavy atom. The van der Waals surface area contributed by atoms with Crippen molar-refractivity contribution in [1.29, 1.82) is 0 Å². The van der Waals surface area contributed by atoms with Gasteiger partial charge in [-0.3, -0.25) is 4.90 Å². The Kier molecular flexibility index (Phi) is 5.34. The molecule has 1 aromatic rings. The molecule has 0 saturated carbocycles. The molecule has 0 unspecified atom stereocenters. The van der Waals surface area contributed by atoms with Gasteiger partial charge in [0, 0.05) is 31.8 Å². The van der Waals surface area contributed by atoms with Gasteiger partial charge in [0.25, 0.3) is 0 Å². The third kappa shape index (κ3) is 3.46. The summed E-state index contributed by atoms with van der Waals surface area (Å²) >= 11 is 5.83. The average Bonchev–Trinajstić information content (AvgIpc) is 2.94. The molecule has 0 aromatic heterocycles. The topological polar surface area (TPSA) is 24.5 Å². The van der Waals surface area contributed by atoms with Crippen LogP contribution in [0.2, 0.25) is 5.02 Å². The zero-order chi connectivity index (χ0) is 15.5. The largest absolute Gasteiger partial charge is 0.381 e. The van der Waals surface area contributed by atoms with Crippen LogP contribution in [0.4, 0.5) is 4.39 Å². The van der Waals surface area contributed by atoms with Gasteiger partial charge < -0.3 is 10.1 Å². The van der Waals surface area contributed by atoms with Crippen LogP contribution in [-0.2, 0) is 4.74 Å². The van der Waals surface area contributed by atoms with Gasteiger partial charge in [-0.15, -0.1) is 0 Å². The Bertz CT molecular complexity index is 507. The van der Waals surface area contributed by atoms with Crippen molar-refractivity contribution in [2.45, 2.75) is 44.3 Å². The summed E-state index contributed by atoms with van der Waals surface area (Å²) in [4.78, 5) is 2.42. The SMILES string of the molecule is CCN1CC[C@H](NC2CCOCC2)[C@@H]1c1ccc(Cl)c(F)c1. The molecule has 0 bridgehead atoms. The summed E-state index contributed by atoms with van der Waals surface area (Å²) in [6, 6.07) is 6.32. The molecule has 1 aromatic carbocycles. The predicted molar refractivity (Wildman–Crippen MR) is 86.8 cm³/mol. The molecule has 0 spiro atoms. The maximum atomic E-state index is 13.9. The first-order chi connectivity index (χ1) is 10.7. The quantitative estimate of drug-likeness (QED) is 0.918. The predicted octanol–water partition coefficient (Wildman–Crippen LogP) is 3.38. The minimum Gasteiger partial charge on any atom is -0.381 e. The lowest BCUT2D eigenvalue weighted by Crippen LogP contribution is -2.44. The minimum atomic E-state index is -0.327. The van der Waals surface area contributed by atoms with Crippen molar-refractivity contribution in [1.82, 2.24) is 10.2 Å². The van der Waals surface area contributed by atoms with Gasteiger partial charge >= 0.3 is 0 Å². The van der Waals surface area contributed by atoms with Crippen LogP contribution in [0.15, 0.2) is 18.2 Å². The highest BCUT2D eigenvalue weighted by Crippen LogP contribution is 2.34. The van der Waals surface area contributed by atoms with E-state index in [2.05, 4.69) is 17.1 Å². The van der Waals surface area contributed by atoms with E-state index >= 15 is 0 Å². The molecular weight excluding hydrogens is 303 g/mol. The summed E-state index contributed by atoms with van der Waals surface area (Å²) in [5.41, 5.74) is 1.02. The Morgan fingerprint density at radius 2 is 2.09 bits per heavy atom.